The summed E-state index contributed by atoms with van der Waals surface area (Å²) in [5.74, 6) is 0.571. The SMILES string of the molecule is CCc1ccc(-c2ncc(C(C)C)s2)cc1. The van der Waals surface area contributed by atoms with Gasteiger partial charge in [-0.15, -0.1) is 11.3 Å². The number of hydrogen-bond acceptors (Lipinski definition) is 2. The molecule has 0 spiro atoms. The number of rotatable bonds is 3. The minimum Gasteiger partial charge on any atom is -0.244 e. The zero-order valence-corrected chi connectivity index (χ0v) is 10.8. The Kier molecular flexibility index (Phi) is 3.39. The van der Waals surface area contributed by atoms with Crippen LogP contribution >= 0.6 is 11.3 Å². The van der Waals surface area contributed by atoms with Gasteiger partial charge in [0, 0.05) is 16.6 Å². The summed E-state index contributed by atoms with van der Waals surface area (Å²) >= 11 is 1.80. The normalized spacial score (nSPS) is 11.0. The molecule has 84 valence electrons. The highest BCUT2D eigenvalue weighted by molar-refractivity contribution is 7.15. The molecular formula is C14H17NS. The number of nitrogens with zero attached hydrogens (tertiary/aromatic N) is 1. The third kappa shape index (κ3) is 2.33. The van der Waals surface area contributed by atoms with Crippen molar-refractivity contribution in [3.63, 3.8) is 0 Å². The van der Waals surface area contributed by atoms with Gasteiger partial charge in [0.15, 0.2) is 0 Å². The first-order valence-corrected chi connectivity index (χ1v) is 6.57. The molecule has 0 fully saturated rings. The van der Waals surface area contributed by atoms with Gasteiger partial charge in [0.1, 0.15) is 5.01 Å². The number of hydrogen-bond donors (Lipinski definition) is 0. The van der Waals surface area contributed by atoms with E-state index in [1.165, 1.54) is 16.0 Å². The minimum absolute atomic E-state index is 0.571. The average Bonchev–Trinajstić information content (AvgIpc) is 2.78. The monoisotopic (exact) mass is 231 g/mol. The van der Waals surface area contributed by atoms with Gasteiger partial charge >= 0.3 is 0 Å². The van der Waals surface area contributed by atoms with Gasteiger partial charge in [0.2, 0.25) is 0 Å². The maximum Gasteiger partial charge on any atom is 0.123 e. The predicted octanol–water partition coefficient (Wildman–Crippen LogP) is 4.50. The summed E-state index contributed by atoms with van der Waals surface area (Å²) in [5, 5.41) is 1.13. The minimum atomic E-state index is 0.571. The van der Waals surface area contributed by atoms with Crippen molar-refractivity contribution in [1.29, 1.82) is 0 Å². The van der Waals surface area contributed by atoms with Crippen molar-refractivity contribution in [3.05, 3.63) is 40.9 Å². The Morgan fingerprint density at radius 2 is 1.88 bits per heavy atom. The van der Waals surface area contributed by atoms with Gasteiger partial charge < -0.3 is 0 Å². The quantitative estimate of drug-likeness (QED) is 0.758. The lowest BCUT2D eigenvalue weighted by atomic mass is 10.1. The second kappa shape index (κ2) is 4.79. The third-order valence-electron chi connectivity index (χ3n) is 2.70. The van der Waals surface area contributed by atoms with Gasteiger partial charge in [-0.25, -0.2) is 4.98 Å². The topological polar surface area (TPSA) is 12.9 Å². The molecule has 2 aromatic rings. The number of aromatic nitrogens is 1. The fourth-order valence-electron chi connectivity index (χ4n) is 1.57. The van der Waals surface area contributed by atoms with E-state index < -0.39 is 0 Å². The molecule has 1 aromatic carbocycles. The summed E-state index contributed by atoms with van der Waals surface area (Å²) in [5.41, 5.74) is 2.61. The van der Waals surface area contributed by atoms with Gasteiger partial charge in [-0.05, 0) is 17.9 Å². The molecule has 0 bridgehead atoms. The Hall–Kier alpha value is -1.15. The van der Waals surface area contributed by atoms with Gasteiger partial charge in [0.05, 0.1) is 0 Å². The van der Waals surface area contributed by atoms with Crippen LogP contribution in [0.3, 0.4) is 0 Å². The van der Waals surface area contributed by atoms with E-state index >= 15 is 0 Å². The molecule has 1 heterocycles. The zero-order chi connectivity index (χ0) is 11.5. The van der Waals surface area contributed by atoms with Crippen LogP contribution in [0.5, 0.6) is 0 Å². The highest BCUT2D eigenvalue weighted by atomic mass is 32.1. The zero-order valence-electron chi connectivity index (χ0n) is 10.0. The molecule has 0 aliphatic carbocycles. The number of benzene rings is 1. The van der Waals surface area contributed by atoms with Crippen LogP contribution < -0.4 is 0 Å². The molecule has 0 amide bonds. The van der Waals surface area contributed by atoms with Crippen molar-refractivity contribution in [1.82, 2.24) is 4.98 Å². The molecule has 0 saturated heterocycles. The molecule has 2 rings (SSSR count). The summed E-state index contributed by atoms with van der Waals surface area (Å²) in [6.45, 7) is 6.59. The van der Waals surface area contributed by atoms with E-state index in [9.17, 15) is 0 Å². The lowest BCUT2D eigenvalue weighted by Gasteiger charge is -1.99. The first-order valence-electron chi connectivity index (χ1n) is 5.75. The van der Waals surface area contributed by atoms with E-state index in [1.54, 1.807) is 11.3 Å². The van der Waals surface area contributed by atoms with Crippen LogP contribution in [0, 0.1) is 0 Å². The van der Waals surface area contributed by atoms with Crippen molar-refractivity contribution in [2.75, 3.05) is 0 Å². The third-order valence-corrected chi connectivity index (χ3v) is 4.05. The fourth-order valence-corrected chi connectivity index (χ4v) is 2.49. The molecule has 0 saturated carbocycles. The van der Waals surface area contributed by atoms with Gasteiger partial charge in [-0.3, -0.25) is 0 Å². The summed E-state index contributed by atoms with van der Waals surface area (Å²) in [7, 11) is 0. The van der Waals surface area contributed by atoms with E-state index in [0.717, 1.165) is 11.4 Å². The highest BCUT2D eigenvalue weighted by Crippen LogP contribution is 2.29. The molecule has 0 radical (unpaired) electrons. The lowest BCUT2D eigenvalue weighted by molar-refractivity contribution is 0.885. The van der Waals surface area contributed by atoms with Crippen LogP contribution in [-0.2, 0) is 6.42 Å². The van der Waals surface area contributed by atoms with E-state index in [0.29, 0.717) is 5.92 Å². The first-order chi connectivity index (χ1) is 7.70. The first kappa shape index (κ1) is 11.3. The fraction of sp³-hybridized carbons (Fsp3) is 0.357. The molecule has 0 aliphatic heterocycles. The van der Waals surface area contributed by atoms with Gasteiger partial charge in [-0.1, -0.05) is 45.0 Å². The second-order valence-corrected chi connectivity index (χ2v) is 5.34. The highest BCUT2D eigenvalue weighted by Gasteiger charge is 2.06. The van der Waals surface area contributed by atoms with Gasteiger partial charge in [-0.2, -0.15) is 0 Å². The van der Waals surface area contributed by atoms with Crippen LogP contribution in [-0.4, -0.2) is 4.98 Å². The van der Waals surface area contributed by atoms with Crippen molar-refractivity contribution in [3.8, 4) is 10.6 Å². The Morgan fingerprint density at radius 1 is 1.19 bits per heavy atom. The molecule has 2 heteroatoms. The van der Waals surface area contributed by atoms with Crippen LogP contribution in [0.1, 0.15) is 37.1 Å². The molecule has 1 nitrogen and oxygen atoms in total. The molecule has 0 N–H and O–H groups in total. The summed E-state index contributed by atoms with van der Waals surface area (Å²) in [6, 6.07) is 8.71. The Morgan fingerprint density at radius 3 is 2.38 bits per heavy atom. The summed E-state index contributed by atoms with van der Waals surface area (Å²) in [4.78, 5) is 5.84. The molecule has 16 heavy (non-hydrogen) atoms. The maximum atomic E-state index is 4.48. The summed E-state index contributed by atoms with van der Waals surface area (Å²) in [6.07, 6.45) is 3.09. The predicted molar refractivity (Wildman–Crippen MR) is 71.0 cm³/mol. The van der Waals surface area contributed by atoms with E-state index in [4.69, 9.17) is 0 Å². The lowest BCUT2D eigenvalue weighted by Crippen LogP contribution is -1.80. The van der Waals surface area contributed by atoms with Crippen molar-refractivity contribution < 1.29 is 0 Å². The van der Waals surface area contributed by atoms with Crippen LogP contribution in [0.15, 0.2) is 30.5 Å². The Bertz CT molecular complexity index is 454. The van der Waals surface area contributed by atoms with Crippen LogP contribution in [0.2, 0.25) is 0 Å². The van der Waals surface area contributed by atoms with Crippen molar-refractivity contribution in [2.45, 2.75) is 33.1 Å². The molecule has 0 aliphatic rings. The number of thiazole rings is 1. The van der Waals surface area contributed by atoms with E-state index in [2.05, 4.69) is 50.0 Å². The Labute approximate surface area is 101 Å². The smallest absolute Gasteiger partial charge is 0.123 e. The van der Waals surface area contributed by atoms with Crippen LogP contribution in [0.4, 0.5) is 0 Å². The van der Waals surface area contributed by atoms with E-state index in [1.807, 2.05) is 6.20 Å². The largest absolute Gasteiger partial charge is 0.244 e. The molecular weight excluding hydrogens is 214 g/mol. The average molecular weight is 231 g/mol. The number of aryl methyl sites for hydroxylation is 1. The van der Waals surface area contributed by atoms with Crippen molar-refractivity contribution in [2.24, 2.45) is 0 Å². The molecule has 0 atom stereocenters. The van der Waals surface area contributed by atoms with E-state index in [-0.39, 0.29) is 0 Å². The Balaban J connectivity index is 2.28. The standard InChI is InChI=1S/C14H17NS/c1-4-11-5-7-12(8-6-11)14-15-9-13(16-14)10(2)3/h5-10H,4H2,1-3H3. The molecule has 0 unspecified atom stereocenters. The maximum absolute atomic E-state index is 4.48. The van der Waals surface area contributed by atoms with Crippen molar-refractivity contribution >= 4 is 11.3 Å². The van der Waals surface area contributed by atoms with Crippen LogP contribution in [0.25, 0.3) is 10.6 Å². The molecule has 1 aromatic heterocycles. The van der Waals surface area contributed by atoms with Gasteiger partial charge in [0.25, 0.3) is 0 Å². The second-order valence-electron chi connectivity index (χ2n) is 4.27. The summed E-state index contributed by atoms with van der Waals surface area (Å²) < 4.78 is 0.